The van der Waals surface area contributed by atoms with Gasteiger partial charge in [0.05, 0.1) is 13.2 Å². The number of methoxy groups -OCH3 is 1. The van der Waals surface area contributed by atoms with E-state index >= 15 is 0 Å². The van der Waals surface area contributed by atoms with Crippen LogP contribution in [0, 0.1) is 5.92 Å². The number of aliphatic hydroxyl groups excluding tert-OH is 1. The van der Waals surface area contributed by atoms with Gasteiger partial charge in [0, 0.05) is 25.8 Å². The molecule has 0 aliphatic heterocycles. The molecule has 1 fully saturated rings. The first-order valence-electron chi connectivity index (χ1n) is 7.23. The van der Waals surface area contributed by atoms with Crippen LogP contribution in [0.2, 0.25) is 0 Å². The Balaban J connectivity index is 2.26. The highest BCUT2D eigenvalue weighted by Crippen LogP contribution is 2.31. The molecule has 1 aliphatic carbocycles. The van der Waals surface area contributed by atoms with Gasteiger partial charge in [0.2, 0.25) is 5.91 Å². The third kappa shape index (κ3) is 5.89. The molecule has 1 aliphatic rings. The second-order valence-electron chi connectivity index (χ2n) is 5.69. The number of hydrogen-bond donors (Lipinski definition) is 3. The summed E-state index contributed by atoms with van der Waals surface area (Å²) in [7, 11) is 1.65. The van der Waals surface area contributed by atoms with Crippen molar-refractivity contribution in [1.82, 2.24) is 10.6 Å². The van der Waals surface area contributed by atoms with Crippen molar-refractivity contribution >= 4 is 5.91 Å². The van der Waals surface area contributed by atoms with E-state index in [1.807, 2.05) is 0 Å². The van der Waals surface area contributed by atoms with Crippen LogP contribution >= 0.6 is 0 Å². The number of rotatable bonds is 8. The van der Waals surface area contributed by atoms with E-state index in [2.05, 4.69) is 17.6 Å². The zero-order valence-corrected chi connectivity index (χ0v) is 12.2. The average molecular weight is 272 g/mol. The lowest BCUT2D eigenvalue weighted by molar-refractivity contribution is -0.120. The Labute approximate surface area is 116 Å². The first-order chi connectivity index (χ1) is 9.12. The third-order valence-electron chi connectivity index (χ3n) is 3.87. The summed E-state index contributed by atoms with van der Waals surface area (Å²) in [4.78, 5) is 11.7. The van der Waals surface area contributed by atoms with E-state index in [0.29, 0.717) is 19.1 Å². The Morgan fingerprint density at radius 3 is 2.95 bits per heavy atom. The molecule has 0 saturated heterocycles. The van der Waals surface area contributed by atoms with Gasteiger partial charge in [0.25, 0.3) is 0 Å². The van der Waals surface area contributed by atoms with Gasteiger partial charge in [-0.25, -0.2) is 0 Å². The summed E-state index contributed by atoms with van der Waals surface area (Å²) in [5.74, 6) is 0.598. The van der Waals surface area contributed by atoms with E-state index in [9.17, 15) is 9.90 Å². The number of carbonyl (C=O) groups excluding carboxylic acids is 1. The summed E-state index contributed by atoms with van der Waals surface area (Å²) in [6.45, 7) is 3.88. The Bertz CT molecular complexity index is 273. The lowest BCUT2D eigenvalue weighted by Crippen LogP contribution is -2.54. The molecule has 5 nitrogen and oxygen atoms in total. The van der Waals surface area contributed by atoms with Gasteiger partial charge in [-0.1, -0.05) is 19.8 Å². The van der Waals surface area contributed by atoms with E-state index in [1.165, 1.54) is 6.42 Å². The van der Waals surface area contributed by atoms with Crippen molar-refractivity contribution in [2.75, 3.05) is 33.4 Å². The predicted molar refractivity (Wildman–Crippen MR) is 75.0 cm³/mol. The highest BCUT2D eigenvalue weighted by atomic mass is 16.5. The first kappa shape index (κ1) is 16.4. The summed E-state index contributed by atoms with van der Waals surface area (Å²) >= 11 is 0. The molecule has 19 heavy (non-hydrogen) atoms. The molecule has 5 heteroatoms. The number of aliphatic hydroxyl groups is 1. The van der Waals surface area contributed by atoms with Gasteiger partial charge >= 0.3 is 0 Å². The standard InChI is InChI=1S/C14H28N2O3/c1-12-5-3-6-14(9-12,11-17)16-10-13(18)15-7-4-8-19-2/h12,16-17H,3-11H2,1-2H3,(H,15,18). The molecule has 0 spiro atoms. The lowest BCUT2D eigenvalue weighted by Gasteiger charge is -2.39. The normalized spacial score (nSPS) is 27.2. The van der Waals surface area contributed by atoms with Crippen LogP contribution in [-0.2, 0) is 9.53 Å². The van der Waals surface area contributed by atoms with Crippen LogP contribution in [0.1, 0.15) is 39.0 Å². The van der Waals surface area contributed by atoms with Gasteiger partial charge in [0.15, 0.2) is 0 Å². The molecule has 1 rings (SSSR count). The lowest BCUT2D eigenvalue weighted by atomic mass is 9.77. The van der Waals surface area contributed by atoms with Crippen molar-refractivity contribution in [3.63, 3.8) is 0 Å². The van der Waals surface area contributed by atoms with Crippen LogP contribution in [-0.4, -0.2) is 50.0 Å². The monoisotopic (exact) mass is 272 g/mol. The molecular weight excluding hydrogens is 244 g/mol. The van der Waals surface area contributed by atoms with Crippen molar-refractivity contribution in [3.8, 4) is 0 Å². The minimum atomic E-state index is -0.262. The fourth-order valence-electron chi connectivity index (χ4n) is 2.79. The first-order valence-corrected chi connectivity index (χ1v) is 7.23. The van der Waals surface area contributed by atoms with Crippen LogP contribution in [0.4, 0.5) is 0 Å². The van der Waals surface area contributed by atoms with Crippen LogP contribution in [0.3, 0.4) is 0 Å². The van der Waals surface area contributed by atoms with Crippen LogP contribution in [0.5, 0.6) is 0 Å². The van der Waals surface area contributed by atoms with Gasteiger partial charge < -0.3 is 20.5 Å². The summed E-state index contributed by atoms with van der Waals surface area (Å²) in [5.41, 5.74) is -0.262. The SMILES string of the molecule is COCCCNC(=O)CNC1(CO)CCCC(C)C1. The maximum atomic E-state index is 11.7. The topological polar surface area (TPSA) is 70.6 Å². The second kappa shape index (κ2) is 8.51. The van der Waals surface area contributed by atoms with Gasteiger partial charge in [-0.2, -0.15) is 0 Å². The average Bonchev–Trinajstić information content (AvgIpc) is 2.41. The van der Waals surface area contributed by atoms with E-state index in [1.54, 1.807) is 7.11 Å². The number of hydrogen-bond acceptors (Lipinski definition) is 4. The molecule has 0 bridgehead atoms. The van der Waals surface area contributed by atoms with Gasteiger partial charge in [-0.15, -0.1) is 0 Å². The summed E-state index contributed by atoms with van der Waals surface area (Å²) in [5, 5.41) is 15.7. The fraction of sp³-hybridized carbons (Fsp3) is 0.929. The molecule has 0 aromatic carbocycles. The van der Waals surface area contributed by atoms with Crippen LogP contribution in [0.15, 0.2) is 0 Å². The molecule has 0 radical (unpaired) electrons. The van der Waals surface area contributed by atoms with Gasteiger partial charge in [0.1, 0.15) is 0 Å². The molecule has 0 heterocycles. The predicted octanol–water partition coefficient (Wildman–Crippen LogP) is 0.670. The molecule has 3 N–H and O–H groups in total. The van der Waals surface area contributed by atoms with Crippen LogP contribution < -0.4 is 10.6 Å². The van der Waals surface area contributed by atoms with E-state index < -0.39 is 0 Å². The molecule has 112 valence electrons. The zero-order chi connectivity index (χ0) is 14.1. The molecule has 2 unspecified atom stereocenters. The molecule has 2 atom stereocenters. The minimum Gasteiger partial charge on any atom is -0.394 e. The summed E-state index contributed by atoms with van der Waals surface area (Å²) in [6.07, 6.45) is 5.05. The summed E-state index contributed by atoms with van der Waals surface area (Å²) in [6, 6.07) is 0. The quantitative estimate of drug-likeness (QED) is 0.568. The maximum absolute atomic E-state index is 11.7. The molecule has 0 aromatic heterocycles. The number of amides is 1. The van der Waals surface area contributed by atoms with Crippen molar-refractivity contribution < 1.29 is 14.6 Å². The Kier molecular flexibility index (Phi) is 7.34. The molecule has 1 amide bonds. The second-order valence-corrected chi connectivity index (χ2v) is 5.69. The van der Waals surface area contributed by atoms with Crippen molar-refractivity contribution in [2.24, 2.45) is 5.92 Å². The van der Waals surface area contributed by atoms with Crippen molar-refractivity contribution in [2.45, 2.75) is 44.6 Å². The maximum Gasteiger partial charge on any atom is 0.233 e. The van der Waals surface area contributed by atoms with E-state index in [0.717, 1.165) is 25.7 Å². The van der Waals surface area contributed by atoms with E-state index in [-0.39, 0.29) is 24.6 Å². The third-order valence-corrected chi connectivity index (χ3v) is 3.87. The highest BCUT2D eigenvalue weighted by molar-refractivity contribution is 5.78. The highest BCUT2D eigenvalue weighted by Gasteiger charge is 2.34. The number of carbonyl (C=O) groups is 1. The van der Waals surface area contributed by atoms with E-state index in [4.69, 9.17) is 4.74 Å². The minimum absolute atomic E-state index is 0.0119. The fourth-order valence-corrected chi connectivity index (χ4v) is 2.79. The van der Waals surface area contributed by atoms with Crippen molar-refractivity contribution in [3.05, 3.63) is 0 Å². The Morgan fingerprint density at radius 2 is 2.32 bits per heavy atom. The zero-order valence-electron chi connectivity index (χ0n) is 12.2. The van der Waals surface area contributed by atoms with Crippen molar-refractivity contribution in [1.29, 1.82) is 0 Å². The molecule has 1 saturated carbocycles. The van der Waals surface area contributed by atoms with Crippen LogP contribution in [0.25, 0.3) is 0 Å². The molecule has 0 aromatic rings. The van der Waals surface area contributed by atoms with Gasteiger partial charge in [-0.3, -0.25) is 4.79 Å². The Morgan fingerprint density at radius 1 is 1.53 bits per heavy atom. The number of ether oxygens (including phenoxy) is 1. The number of nitrogens with one attached hydrogen (secondary N) is 2. The Hall–Kier alpha value is -0.650. The van der Waals surface area contributed by atoms with Gasteiger partial charge in [-0.05, 0) is 25.2 Å². The summed E-state index contributed by atoms with van der Waals surface area (Å²) < 4.78 is 4.92. The smallest absolute Gasteiger partial charge is 0.233 e. The largest absolute Gasteiger partial charge is 0.394 e. The molecular formula is C14H28N2O3.